The Hall–Kier alpha value is -1.32. The maximum absolute atomic E-state index is 6.00. The summed E-state index contributed by atoms with van der Waals surface area (Å²) >= 11 is 0. The van der Waals surface area contributed by atoms with E-state index in [1.54, 1.807) is 0 Å². The van der Waals surface area contributed by atoms with Crippen molar-refractivity contribution in [2.45, 2.75) is 63.9 Å². The molecule has 2 atom stereocenters. The minimum Gasteiger partial charge on any atom is -0.373 e. The molecular weight excluding hydrogens is 260 g/mol. The van der Waals surface area contributed by atoms with Crippen molar-refractivity contribution in [3.05, 3.63) is 36.0 Å². The third kappa shape index (κ3) is 2.85. The highest BCUT2D eigenvalue weighted by atomic mass is 16.5. The van der Waals surface area contributed by atoms with Crippen LogP contribution in [0.4, 0.5) is 0 Å². The van der Waals surface area contributed by atoms with Gasteiger partial charge in [-0.1, -0.05) is 18.2 Å². The SMILES string of the molecule is CC1CCC(Cn2ccc3cccc(CNC4CC4)c32)O1. The van der Waals surface area contributed by atoms with Crippen LogP contribution in [0, 0.1) is 0 Å². The molecule has 0 spiro atoms. The fraction of sp³-hybridized carbons (Fsp3) is 0.556. The molecule has 2 aliphatic rings. The summed E-state index contributed by atoms with van der Waals surface area (Å²) in [4.78, 5) is 0. The Morgan fingerprint density at radius 2 is 2.10 bits per heavy atom. The Morgan fingerprint density at radius 1 is 1.19 bits per heavy atom. The Labute approximate surface area is 126 Å². The number of benzene rings is 1. The molecule has 3 heteroatoms. The van der Waals surface area contributed by atoms with E-state index in [4.69, 9.17) is 4.74 Å². The number of para-hydroxylation sites is 1. The fourth-order valence-corrected chi connectivity index (χ4v) is 3.42. The number of hydrogen-bond donors (Lipinski definition) is 1. The van der Waals surface area contributed by atoms with Gasteiger partial charge in [0.25, 0.3) is 0 Å². The third-order valence-corrected chi connectivity index (χ3v) is 4.75. The zero-order valence-electron chi connectivity index (χ0n) is 12.7. The van der Waals surface area contributed by atoms with E-state index < -0.39 is 0 Å². The van der Waals surface area contributed by atoms with Crippen molar-refractivity contribution in [3.63, 3.8) is 0 Å². The molecular formula is C18H24N2O. The highest BCUT2D eigenvalue weighted by Gasteiger charge is 2.23. The smallest absolute Gasteiger partial charge is 0.0758 e. The number of nitrogens with one attached hydrogen (secondary N) is 1. The van der Waals surface area contributed by atoms with Crippen molar-refractivity contribution in [1.29, 1.82) is 0 Å². The molecule has 2 aromatic rings. The molecule has 1 N–H and O–H groups in total. The van der Waals surface area contributed by atoms with Gasteiger partial charge in [0.05, 0.1) is 17.7 Å². The topological polar surface area (TPSA) is 26.2 Å². The zero-order chi connectivity index (χ0) is 14.2. The highest BCUT2D eigenvalue weighted by Crippen LogP contribution is 2.26. The first kappa shape index (κ1) is 13.4. The molecule has 1 saturated carbocycles. The normalized spacial score (nSPS) is 25.8. The molecule has 112 valence electrons. The summed E-state index contributed by atoms with van der Waals surface area (Å²) in [5.74, 6) is 0. The lowest BCUT2D eigenvalue weighted by Crippen LogP contribution is -2.18. The third-order valence-electron chi connectivity index (χ3n) is 4.75. The molecule has 0 bridgehead atoms. The number of ether oxygens (including phenoxy) is 1. The maximum Gasteiger partial charge on any atom is 0.0758 e. The molecule has 1 aliphatic heterocycles. The van der Waals surface area contributed by atoms with E-state index in [2.05, 4.69) is 47.3 Å². The molecule has 1 saturated heterocycles. The lowest BCUT2D eigenvalue weighted by atomic mass is 10.1. The molecule has 21 heavy (non-hydrogen) atoms. The summed E-state index contributed by atoms with van der Waals surface area (Å²) in [5.41, 5.74) is 2.80. The van der Waals surface area contributed by atoms with Crippen LogP contribution in [0.1, 0.15) is 38.2 Å². The molecule has 2 unspecified atom stereocenters. The van der Waals surface area contributed by atoms with Crippen molar-refractivity contribution < 1.29 is 4.74 Å². The van der Waals surface area contributed by atoms with Gasteiger partial charge in [-0.2, -0.15) is 0 Å². The van der Waals surface area contributed by atoms with Gasteiger partial charge in [0, 0.05) is 25.3 Å². The molecule has 2 heterocycles. The molecule has 1 aromatic carbocycles. The summed E-state index contributed by atoms with van der Waals surface area (Å²) in [7, 11) is 0. The molecule has 1 aliphatic carbocycles. The summed E-state index contributed by atoms with van der Waals surface area (Å²) in [5, 5.41) is 4.98. The molecule has 2 fully saturated rings. The molecule has 0 amide bonds. The van der Waals surface area contributed by atoms with Crippen molar-refractivity contribution in [3.8, 4) is 0 Å². The van der Waals surface area contributed by atoms with Gasteiger partial charge in [-0.15, -0.1) is 0 Å². The van der Waals surface area contributed by atoms with Crippen molar-refractivity contribution >= 4 is 10.9 Å². The lowest BCUT2D eigenvalue weighted by molar-refractivity contribution is 0.0465. The molecule has 1 aromatic heterocycles. The van der Waals surface area contributed by atoms with Crippen LogP contribution in [0.15, 0.2) is 30.5 Å². The van der Waals surface area contributed by atoms with Crippen LogP contribution in [0.2, 0.25) is 0 Å². The van der Waals surface area contributed by atoms with Gasteiger partial charge in [-0.05, 0) is 49.6 Å². The zero-order valence-corrected chi connectivity index (χ0v) is 12.7. The molecule has 4 rings (SSSR count). The fourth-order valence-electron chi connectivity index (χ4n) is 3.42. The van der Waals surface area contributed by atoms with E-state index in [0.717, 1.165) is 19.1 Å². The van der Waals surface area contributed by atoms with Gasteiger partial charge in [-0.3, -0.25) is 0 Å². The van der Waals surface area contributed by atoms with Crippen LogP contribution in [0.3, 0.4) is 0 Å². The summed E-state index contributed by atoms with van der Waals surface area (Å²) in [6, 6.07) is 9.62. The van der Waals surface area contributed by atoms with E-state index in [1.807, 2.05) is 0 Å². The van der Waals surface area contributed by atoms with Crippen LogP contribution >= 0.6 is 0 Å². The Kier molecular flexibility index (Phi) is 3.48. The predicted octanol–water partition coefficient (Wildman–Crippen LogP) is 3.46. The first-order valence-electron chi connectivity index (χ1n) is 8.25. The van der Waals surface area contributed by atoms with Gasteiger partial charge >= 0.3 is 0 Å². The number of aromatic nitrogens is 1. The van der Waals surface area contributed by atoms with Gasteiger partial charge < -0.3 is 14.6 Å². The van der Waals surface area contributed by atoms with E-state index >= 15 is 0 Å². The largest absolute Gasteiger partial charge is 0.373 e. The predicted molar refractivity (Wildman–Crippen MR) is 85.4 cm³/mol. The van der Waals surface area contributed by atoms with Crippen LogP contribution in [0.5, 0.6) is 0 Å². The Balaban J connectivity index is 1.58. The first-order chi connectivity index (χ1) is 10.3. The van der Waals surface area contributed by atoms with Crippen molar-refractivity contribution in [1.82, 2.24) is 9.88 Å². The Morgan fingerprint density at radius 3 is 2.86 bits per heavy atom. The number of rotatable bonds is 5. The minimum atomic E-state index is 0.375. The van der Waals surface area contributed by atoms with E-state index in [0.29, 0.717) is 12.2 Å². The van der Waals surface area contributed by atoms with Gasteiger partial charge in [0.1, 0.15) is 0 Å². The maximum atomic E-state index is 6.00. The number of fused-ring (bicyclic) bond motifs is 1. The second kappa shape index (κ2) is 5.47. The average molecular weight is 284 g/mol. The minimum absolute atomic E-state index is 0.375. The Bertz CT molecular complexity index is 629. The highest BCUT2D eigenvalue weighted by molar-refractivity contribution is 5.83. The summed E-state index contributed by atoms with van der Waals surface area (Å²) in [6.07, 6.45) is 8.07. The summed E-state index contributed by atoms with van der Waals surface area (Å²) in [6.45, 7) is 4.14. The molecule has 3 nitrogen and oxygen atoms in total. The average Bonchev–Trinajstić information content (AvgIpc) is 3.10. The van der Waals surface area contributed by atoms with Gasteiger partial charge in [0.15, 0.2) is 0 Å². The summed E-state index contributed by atoms with van der Waals surface area (Å²) < 4.78 is 8.39. The monoisotopic (exact) mass is 284 g/mol. The second-order valence-electron chi connectivity index (χ2n) is 6.62. The van der Waals surface area contributed by atoms with E-state index in [1.165, 1.54) is 42.1 Å². The number of hydrogen-bond acceptors (Lipinski definition) is 2. The second-order valence-corrected chi connectivity index (χ2v) is 6.62. The van der Waals surface area contributed by atoms with Crippen LogP contribution < -0.4 is 5.32 Å². The first-order valence-corrected chi connectivity index (χ1v) is 8.25. The van der Waals surface area contributed by atoms with Crippen molar-refractivity contribution in [2.75, 3.05) is 0 Å². The molecule has 0 radical (unpaired) electrons. The van der Waals surface area contributed by atoms with E-state index in [9.17, 15) is 0 Å². The van der Waals surface area contributed by atoms with Crippen molar-refractivity contribution in [2.24, 2.45) is 0 Å². The van der Waals surface area contributed by atoms with Crippen LogP contribution in [-0.2, 0) is 17.8 Å². The van der Waals surface area contributed by atoms with Gasteiger partial charge in [0.2, 0.25) is 0 Å². The van der Waals surface area contributed by atoms with E-state index in [-0.39, 0.29) is 0 Å². The van der Waals surface area contributed by atoms with Crippen LogP contribution in [0.25, 0.3) is 10.9 Å². The number of nitrogens with zero attached hydrogens (tertiary/aromatic N) is 1. The lowest BCUT2D eigenvalue weighted by Gasteiger charge is -2.15. The quantitative estimate of drug-likeness (QED) is 0.910. The van der Waals surface area contributed by atoms with Crippen LogP contribution in [-0.4, -0.2) is 22.8 Å². The standard InChI is InChI=1S/C18H24N2O/c1-13-5-8-17(21-13)12-20-10-9-14-3-2-4-15(18(14)20)11-19-16-6-7-16/h2-4,9-10,13,16-17,19H,5-8,11-12H2,1H3. The van der Waals surface area contributed by atoms with Gasteiger partial charge in [-0.25, -0.2) is 0 Å².